The highest BCUT2D eigenvalue weighted by atomic mass is 32.1. The molecule has 0 spiro atoms. The second-order valence-electron chi connectivity index (χ2n) is 4.33. The first kappa shape index (κ1) is 14.2. The van der Waals surface area contributed by atoms with E-state index >= 15 is 0 Å². The normalized spacial score (nSPS) is 11.9. The van der Waals surface area contributed by atoms with Crippen molar-refractivity contribution in [3.63, 3.8) is 0 Å². The molecule has 6 heteroatoms. The Hall–Kier alpha value is -2.21. The van der Waals surface area contributed by atoms with Crippen LogP contribution in [0.1, 0.15) is 33.2 Å². The van der Waals surface area contributed by atoms with Gasteiger partial charge in [0.2, 0.25) is 5.91 Å². The molecular weight excluding hydrogens is 276 g/mol. The summed E-state index contributed by atoms with van der Waals surface area (Å²) in [5.41, 5.74) is 1.07. The van der Waals surface area contributed by atoms with Crippen molar-refractivity contribution in [3.8, 4) is 0 Å². The van der Waals surface area contributed by atoms with E-state index in [1.165, 1.54) is 0 Å². The van der Waals surface area contributed by atoms with Crippen LogP contribution in [0.4, 0.5) is 5.69 Å². The third-order valence-corrected chi connectivity index (χ3v) is 4.12. The number of nitrogens with one attached hydrogen (secondary N) is 1. The molecule has 0 aliphatic rings. The molecule has 0 aliphatic heterocycles. The number of anilines is 1. The van der Waals surface area contributed by atoms with E-state index in [2.05, 4.69) is 10.3 Å². The molecule has 0 bridgehead atoms. The van der Waals surface area contributed by atoms with Gasteiger partial charge >= 0.3 is 0 Å². The minimum absolute atomic E-state index is 0.0689. The zero-order chi connectivity index (χ0) is 14.7. The average molecular weight is 289 g/mol. The number of hydrogen-bond donors (Lipinski definition) is 1. The Morgan fingerprint density at radius 2 is 1.95 bits per heavy atom. The lowest BCUT2D eigenvalue weighted by Gasteiger charge is -2.09. The summed E-state index contributed by atoms with van der Waals surface area (Å²) in [4.78, 5) is 27.2. The highest BCUT2D eigenvalue weighted by molar-refractivity contribution is 7.13. The number of carbonyl (C=O) groups is 2. The molecule has 1 aromatic heterocycles. The molecule has 1 amide bonds. The first-order chi connectivity index (χ1) is 9.49. The number of carboxylic acid groups (broad SMARTS) is 1. The predicted molar refractivity (Wildman–Crippen MR) is 74.7 cm³/mol. The standard InChI is InChI=1S/C14H14N2O3S/c1-8(12(17)16-10-6-4-3-5-7-10)13-15-9(2)11(20-13)14(18)19/h3-8H,1-2H3,(H,16,17)(H,18,19)/p-1/t8-/m0/s1. The largest absolute Gasteiger partial charge is 0.544 e. The van der Waals surface area contributed by atoms with Crippen molar-refractivity contribution >= 4 is 28.9 Å². The summed E-state index contributed by atoms with van der Waals surface area (Å²) in [6, 6.07) is 9.06. The summed E-state index contributed by atoms with van der Waals surface area (Å²) in [7, 11) is 0. The zero-order valence-electron chi connectivity index (χ0n) is 11.0. The van der Waals surface area contributed by atoms with Crippen LogP contribution in [0, 0.1) is 6.92 Å². The van der Waals surface area contributed by atoms with Gasteiger partial charge in [-0.15, -0.1) is 11.3 Å². The molecule has 0 saturated heterocycles. The van der Waals surface area contributed by atoms with Crippen molar-refractivity contribution in [2.45, 2.75) is 19.8 Å². The Labute approximate surface area is 120 Å². The molecule has 1 aromatic carbocycles. The second-order valence-corrected chi connectivity index (χ2v) is 5.36. The Bertz CT molecular complexity index is 637. The van der Waals surface area contributed by atoms with Gasteiger partial charge in [-0.05, 0) is 26.0 Å². The third kappa shape index (κ3) is 3.03. The molecule has 1 N–H and O–H groups in total. The van der Waals surface area contributed by atoms with Crippen LogP contribution in [0.5, 0.6) is 0 Å². The minimum atomic E-state index is -1.26. The van der Waals surface area contributed by atoms with E-state index < -0.39 is 11.9 Å². The number of hydrogen-bond acceptors (Lipinski definition) is 5. The summed E-state index contributed by atoms with van der Waals surface area (Å²) in [6.07, 6.45) is 0. The van der Waals surface area contributed by atoms with Gasteiger partial charge in [-0.3, -0.25) is 4.79 Å². The number of aryl methyl sites for hydroxylation is 1. The number of aromatic carboxylic acids is 1. The van der Waals surface area contributed by atoms with Crippen molar-refractivity contribution in [1.29, 1.82) is 0 Å². The van der Waals surface area contributed by atoms with Crippen LogP contribution in [-0.4, -0.2) is 16.9 Å². The van der Waals surface area contributed by atoms with E-state index in [-0.39, 0.29) is 10.8 Å². The van der Waals surface area contributed by atoms with Gasteiger partial charge in [-0.1, -0.05) is 18.2 Å². The molecule has 0 fully saturated rings. The van der Waals surface area contributed by atoms with E-state index in [1.54, 1.807) is 26.0 Å². The van der Waals surface area contributed by atoms with Crippen molar-refractivity contribution in [2.75, 3.05) is 5.32 Å². The Morgan fingerprint density at radius 1 is 1.30 bits per heavy atom. The average Bonchev–Trinajstić information content (AvgIpc) is 2.81. The summed E-state index contributed by atoms with van der Waals surface area (Å²) in [6.45, 7) is 3.28. The lowest BCUT2D eigenvalue weighted by atomic mass is 10.1. The van der Waals surface area contributed by atoms with Gasteiger partial charge in [-0.2, -0.15) is 0 Å². The first-order valence-corrected chi connectivity index (χ1v) is 6.85. The second kappa shape index (κ2) is 5.83. The van der Waals surface area contributed by atoms with E-state index in [0.717, 1.165) is 11.3 Å². The molecule has 2 aromatic rings. The molecule has 20 heavy (non-hydrogen) atoms. The van der Waals surface area contributed by atoms with E-state index in [0.29, 0.717) is 16.4 Å². The molecule has 0 saturated carbocycles. The fourth-order valence-corrected chi connectivity index (χ4v) is 2.63. The van der Waals surface area contributed by atoms with Gasteiger partial charge in [0.15, 0.2) is 0 Å². The Balaban J connectivity index is 2.15. The molecule has 1 atom stereocenters. The van der Waals surface area contributed by atoms with Gasteiger partial charge in [0.25, 0.3) is 0 Å². The topological polar surface area (TPSA) is 82.1 Å². The van der Waals surface area contributed by atoms with Crippen LogP contribution >= 0.6 is 11.3 Å². The van der Waals surface area contributed by atoms with Crippen molar-refractivity contribution in [1.82, 2.24) is 4.98 Å². The van der Waals surface area contributed by atoms with Crippen LogP contribution < -0.4 is 10.4 Å². The number of aromatic nitrogens is 1. The maximum absolute atomic E-state index is 12.1. The number of amides is 1. The summed E-state index contributed by atoms with van der Waals surface area (Å²) in [5.74, 6) is -2.01. The third-order valence-electron chi connectivity index (χ3n) is 2.80. The van der Waals surface area contributed by atoms with Crippen LogP contribution in [0.3, 0.4) is 0 Å². The van der Waals surface area contributed by atoms with Gasteiger partial charge < -0.3 is 15.2 Å². The molecule has 2 rings (SSSR count). The van der Waals surface area contributed by atoms with Crippen LogP contribution in [-0.2, 0) is 4.79 Å². The molecule has 104 valence electrons. The minimum Gasteiger partial charge on any atom is -0.544 e. The van der Waals surface area contributed by atoms with Crippen LogP contribution in [0.25, 0.3) is 0 Å². The SMILES string of the molecule is Cc1nc([C@@H](C)C(=O)Nc2ccccc2)sc1C(=O)[O-]. The van der Waals surface area contributed by atoms with Gasteiger partial charge in [-0.25, -0.2) is 4.98 Å². The number of nitrogens with zero attached hydrogens (tertiary/aromatic N) is 1. The smallest absolute Gasteiger partial charge is 0.234 e. The van der Waals surface area contributed by atoms with E-state index in [9.17, 15) is 14.7 Å². The molecule has 0 radical (unpaired) electrons. The molecular formula is C14H13N2O3S-. The Kier molecular flexibility index (Phi) is 4.14. The summed E-state index contributed by atoms with van der Waals surface area (Å²) >= 11 is 0.981. The maximum Gasteiger partial charge on any atom is 0.234 e. The fraction of sp³-hybridized carbons (Fsp3) is 0.214. The predicted octanol–water partition coefficient (Wildman–Crippen LogP) is 1.56. The van der Waals surface area contributed by atoms with Crippen LogP contribution in [0.2, 0.25) is 0 Å². The quantitative estimate of drug-likeness (QED) is 0.926. The monoisotopic (exact) mass is 289 g/mol. The number of rotatable bonds is 4. The number of para-hydroxylation sites is 1. The van der Waals surface area contributed by atoms with Crippen molar-refractivity contribution in [3.05, 3.63) is 45.9 Å². The summed E-state index contributed by atoms with van der Waals surface area (Å²) in [5, 5.41) is 14.1. The maximum atomic E-state index is 12.1. The van der Waals surface area contributed by atoms with Gasteiger partial charge in [0, 0.05) is 5.69 Å². The van der Waals surface area contributed by atoms with Crippen molar-refractivity contribution in [2.24, 2.45) is 0 Å². The van der Waals surface area contributed by atoms with Crippen LogP contribution in [0.15, 0.2) is 30.3 Å². The number of thiazole rings is 1. The Morgan fingerprint density at radius 3 is 2.50 bits per heavy atom. The molecule has 0 aliphatic carbocycles. The lowest BCUT2D eigenvalue weighted by Crippen LogP contribution is -2.21. The summed E-state index contributed by atoms with van der Waals surface area (Å²) < 4.78 is 0. The number of carbonyl (C=O) groups excluding carboxylic acids is 2. The zero-order valence-corrected chi connectivity index (χ0v) is 11.9. The number of carboxylic acids is 1. The van der Waals surface area contributed by atoms with E-state index in [4.69, 9.17) is 0 Å². The fourth-order valence-electron chi connectivity index (χ4n) is 1.68. The number of benzene rings is 1. The highest BCUT2D eigenvalue weighted by Crippen LogP contribution is 2.25. The molecule has 0 unspecified atom stereocenters. The van der Waals surface area contributed by atoms with Gasteiger partial charge in [0.05, 0.1) is 22.5 Å². The highest BCUT2D eigenvalue weighted by Gasteiger charge is 2.20. The molecule has 5 nitrogen and oxygen atoms in total. The first-order valence-electron chi connectivity index (χ1n) is 6.03. The van der Waals surface area contributed by atoms with Gasteiger partial charge in [0.1, 0.15) is 5.01 Å². The molecule has 1 heterocycles. The van der Waals surface area contributed by atoms with Crippen molar-refractivity contribution < 1.29 is 14.7 Å². The van der Waals surface area contributed by atoms with E-state index in [1.807, 2.05) is 18.2 Å². The lowest BCUT2D eigenvalue weighted by molar-refractivity contribution is -0.254.